The lowest BCUT2D eigenvalue weighted by Gasteiger charge is -2.24. The Kier molecular flexibility index (Phi) is 4.36. The summed E-state index contributed by atoms with van der Waals surface area (Å²) in [5, 5.41) is 7.46. The standard InChI is InChI=1S/C15H15F3N4O3/c1-7-5-9(8-3-2-4-8)25-13(24)11(7)12(23)19-6-10-20-14(22-21-10)15(16,17)18/h5,8H,2-4,6H2,1H3,(H,19,23)(H,20,21,22). The molecule has 25 heavy (non-hydrogen) atoms. The number of H-pyrrole nitrogens is 1. The Balaban J connectivity index is 1.71. The van der Waals surface area contributed by atoms with Crippen LogP contribution in [0.3, 0.4) is 0 Å². The highest BCUT2D eigenvalue weighted by Gasteiger charge is 2.36. The van der Waals surface area contributed by atoms with Crippen LogP contribution >= 0.6 is 0 Å². The van der Waals surface area contributed by atoms with E-state index in [9.17, 15) is 22.8 Å². The van der Waals surface area contributed by atoms with Crippen molar-refractivity contribution in [2.24, 2.45) is 0 Å². The van der Waals surface area contributed by atoms with Gasteiger partial charge in [0.2, 0.25) is 0 Å². The molecular formula is C15H15F3N4O3. The minimum atomic E-state index is -4.67. The summed E-state index contributed by atoms with van der Waals surface area (Å²) in [6.45, 7) is 1.29. The molecule has 0 spiro atoms. The van der Waals surface area contributed by atoms with Crippen LogP contribution in [0.15, 0.2) is 15.3 Å². The Labute approximate surface area is 139 Å². The first-order valence-electron chi connectivity index (χ1n) is 7.67. The van der Waals surface area contributed by atoms with Gasteiger partial charge in [-0.3, -0.25) is 9.89 Å². The summed E-state index contributed by atoms with van der Waals surface area (Å²) in [6, 6.07) is 1.66. The lowest BCUT2D eigenvalue weighted by atomic mass is 9.83. The van der Waals surface area contributed by atoms with Crippen molar-refractivity contribution in [3.05, 3.63) is 45.0 Å². The maximum Gasteiger partial charge on any atom is 0.453 e. The molecule has 2 aromatic heterocycles. The molecule has 0 radical (unpaired) electrons. The summed E-state index contributed by atoms with van der Waals surface area (Å²) >= 11 is 0. The molecule has 1 aliphatic rings. The quantitative estimate of drug-likeness (QED) is 0.875. The Bertz CT molecular complexity index is 852. The van der Waals surface area contributed by atoms with Crippen molar-refractivity contribution in [3.8, 4) is 0 Å². The van der Waals surface area contributed by atoms with Gasteiger partial charge < -0.3 is 9.73 Å². The van der Waals surface area contributed by atoms with Crippen LogP contribution in [0.4, 0.5) is 13.2 Å². The fourth-order valence-corrected chi connectivity index (χ4v) is 2.55. The van der Waals surface area contributed by atoms with Gasteiger partial charge in [-0.05, 0) is 31.4 Å². The number of rotatable bonds is 4. The SMILES string of the molecule is Cc1cc(C2CCC2)oc(=O)c1C(=O)NCc1nc(C(F)(F)F)n[nH]1. The highest BCUT2D eigenvalue weighted by atomic mass is 19.4. The van der Waals surface area contributed by atoms with E-state index in [-0.39, 0.29) is 23.9 Å². The highest BCUT2D eigenvalue weighted by molar-refractivity contribution is 5.95. The van der Waals surface area contributed by atoms with Gasteiger partial charge in [-0.25, -0.2) is 9.78 Å². The van der Waals surface area contributed by atoms with Gasteiger partial charge in [-0.1, -0.05) is 6.42 Å². The van der Waals surface area contributed by atoms with Crippen molar-refractivity contribution in [3.63, 3.8) is 0 Å². The zero-order valence-electron chi connectivity index (χ0n) is 13.2. The molecule has 3 rings (SSSR count). The number of carbonyl (C=O) groups excluding carboxylic acids is 1. The first-order valence-corrected chi connectivity index (χ1v) is 7.67. The molecule has 134 valence electrons. The summed E-state index contributed by atoms with van der Waals surface area (Å²) < 4.78 is 42.5. The normalized spacial score (nSPS) is 15.0. The van der Waals surface area contributed by atoms with Crippen LogP contribution in [0.1, 0.15) is 58.5 Å². The number of hydrogen-bond acceptors (Lipinski definition) is 5. The van der Waals surface area contributed by atoms with Gasteiger partial charge in [-0.2, -0.15) is 13.2 Å². The summed E-state index contributed by atoms with van der Waals surface area (Å²) in [7, 11) is 0. The highest BCUT2D eigenvalue weighted by Crippen LogP contribution is 2.36. The second-order valence-electron chi connectivity index (χ2n) is 5.91. The van der Waals surface area contributed by atoms with Crippen LogP contribution in [-0.2, 0) is 12.7 Å². The van der Waals surface area contributed by atoms with Gasteiger partial charge in [0, 0.05) is 5.92 Å². The van der Waals surface area contributed by atoms with Gasteiger partial charge in [-0.15, -0.1) is 5.10 Å². The predicted molar refractivity (Wildman–Crippen MR) is 78.9 cm³/mol. The molecule has 7 nitrogen and oxygen atoms in total. The van der Waals surface area contributed by atoms with Crippen molar-refractivity contribution < 1.29 is 22.4 Å². The molecule has 2 aromatic rings. The average molecular weight is 356 g/mol. The molecule has 1 aliphatic carbocycles. The maximum absolute atomic E-state index is 12.4. The van der Waals surface area contributed by atoms with Crippen molar-refractivity contribution >= 4 is 5.91 Å². The Morgan fingerprint density at radius 3 is 2.68 bits per heavy atom. The first-order chi connectivity index (χ1) is 11.8. The monoisotopic (exact) mass is 356 g/mol. The van der Waals surface area contributed by atoms with Crippen molar-refractivity contribution in [2.75, 3.05) is 0 Å². The molecule has 0 bridgehead atoms. The fraction of sp³-hybridized carbons (Fsp3) is 0.467. The second-order valence-corrected chi connectivity index (χ2v) is 5.91. The minimum Gasteiger partial charge on any atom is -0.427 e. The molecule has 0 aliphatic heterocycles. The van der Waals surface area contributed by atoms with E-state index in [0.717, 1.165) is 19.3 Å². The number of halogens is 3. The largest absolute Gasteiger partial charge is 0.453 e. The third-order valence-electron chi connectivity index (χ3n) is 4.10. The topological polar surface area (TPSA) is 101 Å². The molecule has 1 amide bonds. The number of amides is 1. The number of carbonyl (C=O) groups is 1. The number of aromatic nitrogens is 3. The summed E-state index contributed by atoms with van der Waals surface area (Å²) in [6.07, 6.45) is -1.71. The molecule has 0 atom stereocenters. The number of aromatic amines is 1. The number of aryl methyl sites for hydroxylation is 1. The summed E-state index contributed by atoms with van der Waals surface area (Å²) in [5.41, 5.74) is -0.462. The van der Waals surface area contributed by atoms with Gasteiger partial charge in [0.05, 0.1) is 6.54 Å². The number of alkyl halides is 3. The van der Waals surface area contributed by atoms with Crippen LogP contribution in [0.2, 0.25) is 0 Å². The third-order valence-corrected chi connectivity index (χ3v) is 4.10. The zero-order valence-corrected chi connectivity index (χ0v) is 13.2. The Hall–Kier alpha value is -2.65. The van der Waals surface area contributed by atoms with E-state index in [0.29, 0.717) is 11.3 Å². The molecule has 0 aromatic carbocycles. The van der Waals surface area contributed by atoms with Gasteiger partial charge in [0.1, 0.15) is 17.1 Å². The van der Waals surface area contributed by atoms with E-state index >= 15 is 0 Å². The van der Waals surface area contributed by atoms with Crippen LogP contribution in [0.5, 0.6) is 0 Å². The van der Waals surface area contributed by atoms with E-state index in [1.165, 1.54) is 0 Å². The Morgan fingerprint density at radius 2 is 2.16 bits per heavy atom. The van der Waals surface area contributed by atoms with Crippen LogP contribution in [0.25, 0.3) is 0 Å². The molecule has 2 heterocycles. The molecular weight excluding hydrogens is 341 g/mol. The Morgan fingerprint density at radius 1 is 1.44 bits per heavy atom. The minimum absolute atomic E-state index is 0.168. The van der Waals surface area contributed by atoms with Crippen LogP contribution in [0, 0.1) is 6.92 Å². The van der Waals surface area contributed by atoms with Crippen molar-refractivity contribution in [1.82, 2.24) is 20.5 Å². The molecule has 2 N–H and O–H groups in total. The molecule has 1 saturated carbocycles. The zero-order chi connectivity index (χ0) is 18.2. The number of nitrogens with zero attached hydrogens (tertiary/aromatic N) is 2. The van der Waals surface area contributed by atoms with Crippen LogP contribution in [-0.4, -0.2) is 21.1 Å². The molecule has 10 heteroatoms. The van der Waals surface area contributed by atoms with E-state index in [4.69, 9.17) is 4.42 Å². The number of hydrogen-bond donors (Lipinski definition) is 2. The second kappa shape index (κ2) is 6.34. The van der Waals surface area contributed by atoms with Crippen molar-refractivity contribution in [1.29, 1.82) is 0 Å². The molecule has 0 unspecified atom stereocenters. The summed E-state index contributed by atoms with van der Waals surface area (Å²) in [5.74, 6) is -1.46. The first kappa shape index (κ1) is 17.2. The van der Waals surface area contributed by atoms with E-state index in [1.807, 2.05) is 0 Å². The van der Waals surface area contributed by atoms with Crippen molar-refractivity contribution in [2.45, 2.75) is 44.8 Å². The van der Waals surface area contributed by atoms with Gasteiger partial charge in [0.15, 0.2) is 0 Å². The van der Waals surface area contributed by atoms with E-state index in [1.54, 1.807) is 13.0 Å². The maximum atomic E-state index is 12.4. The van der Waals surface area contributed by atoms with E-state index in [2.05, 4.69) is 20.5 Å². The molecule has 1 fully saturated rings. The number of nitrogens with one attached hydrogen (secondary N) is 2. The van der Waals surface area contributed by atoms with Crippen LogP contribution < -0.4 is 10.9 Å². The average Bonchev–Trinajstić information content (AvgIpc) is 2.91. The van der Waals surface area contributed by atoms with Gasteiger partial charge in [0.25, 0.3) is 11.7 Å². The van der Waals surface area contributed by atoms with Gasteiger partial charge >= 0.3 is 11.8 Å². The fourth-order valence-electron chi connectivity index (χ4n) is 2.55. The van der Waals surface area contributed by atoms with E-state index < -0.39 is 23.5 Å². The lowest BCUT2D eigenvalue weighted by Crippen LogP contribution is -2.30. The lowest BCUT2D eigenvalue weighted by molar-refractivity contribution is -0.144. The smallest absolute Gasteiger partial charge is 0.427 e. The third kappa shape index (κ3) is 3.57. The summed E-state index contributed by atoms with van der Waals surface area (Å²) in [4.78, 5) is 27.5. The predicted octanol–water partition coefficient (Wildman–Crippen LogP) is 2.28. The molecule has 0 saturated heterocycles.